The van der Waals surface area contributed by atoms with E-state index >= 15 is 0 Å². The second-order valence-corrected chi connectivity index (χ2v) is 4.79. The molecule has 2 rings (SSSR count). The van der Waals surface area contributed by atoms with Crippen LogP contribution in [0.5, 0.6) is 0 Å². The average molecular weight is 287 g/mol. The number of benzene rings is 1. The van der Waals surface area contributed by atoms with Gasteiger partial charge in [-0.1, -0.05) is 17.2 Å². The molecule has 7 nitrogen and oxygen atoms in total. The lowest BCUT2D eigenvalue weighted by molar-refractivity contribution is -0.182. The fourth-order valence-electron chi connectivity index (χ4n) is 2.15. The number of hydrogen-bond donors (Lipinski definition) is 0. The van der Waals surface area contributed by atoms with Crippen LogP contribution in [0.1, 0.15) is 25.0 Å². The van der Waals surface area contributed by atoms with E-state index in [9.17, 15) is 14.4 Å². The second-order valence-electron chi connectivity index (χ2n) is 4.79. The van der Waals surface area contributed by atoms with Gasteiger partial charge in [0.2, 0.25) is 0 Å². The van der Waals surface area contributed by atoms with Crippen molar-refractivity contribution < 1.29 is 19.2 Å². The van der Waals surface area contributed by atoms with Crippen LogP contribution in [-0.4, -0.2) is 34.9 Å². The Morgan fingerprint density at radius 1 is 1.29 bits per heavy atom. The van der Waals surface area contributed by atoms with Crippen molar-refractivity contribution in [1.29, 1.82) is 5.26 Å². The van der Waals surface area contributed by atoms with Gasteiger partial charge in [0.15, 0.2) is 0 Å². The first-order chi connectivity index (χ1) is 9.82. The van der Waals surface area contributed by atoms with Crippen LogP contribution in [-0.2, 0) is 20.0 Å². The number of imide groups is 1. The number of hydrogen-bond acceptors (Lipinski definition) is 5. The Hall–Kier alpha value is -2.88. The smallest absolute Gasteiger partial charge is 0.329 e. The zero-order chi connectivity index (χ0) is 15.8. The molecule has 1 fully saturated rings. The van der Waals surface area contributed by atoms with E-state index in [-0.39, 0.29) is 0 Å². The summed E-state index contributed by atoms with van der Waals surface area (Å²) in [5.41, 5.74) is -0.323. The first-order valence-corrected chi connectivity index (χ1v) is 6.14. The van der Waals surface area contributed by atoms with Crippen LogP contribution in [0, 0.1) is 11.3 Å². The van der Waals surface area contributed by atoms with Crippen LogP contribution in [0.3, 0.4) is 0 Å². The van der Waals surface area contributed by atoms with Gasteiger partial charge in [0.05, 0.1) is 11.6 Å². The van der Waals surface area contributed by atoms with Gasteiger partial charge in [-0.05, 0) is 24.6 Å². The minimum absolute atomic E-state index is 0.443. The van der Waals surface area contributed by atoms with Crippen molar-refractivity contribution >= 4 is 17.9 Å². The summed E-state index contributed by atoms with van der Waals surface area (Å²) >= 11 is 0. The van der Waals surface area contributed by atoms with Crippen molar-refractivity contribution in [3.05, 3.63) is 35.4 Å². The Morgan fingerprint density at radius 2 is 1.86 bits per heavy atom. The van der Waals surface area contributed by atoms with Crippen LogP contribution < -0.4 is 0 Å². The first-order valence-electron chi connectivity index (χ1n) is 6.14. The molecule has 7 heteroatoms. The number of carbonyl (C=O) groups is 3. The molecule has 0 bridgehead atoms. The highest BCUT2D eigenvalue weighted by atomic mass is 16.7. The summed E-state index contributed by atoms with van der Waals surface area (Å²) in [5, 5.41) is 9.26. The van der Waals surface area contributed by atoms with Crippen molar-refractivity contribution in [3.63, 3.8) is 0 Å². The molecule has 1 heterocycles. The molecular weight excluding hydrogens is 274 g/mol. The number of rotatable bonds is 2. The Kier molecular flexibility index (Phi) is 3.39. The third kappa shape index (κ3) is 2.10. The highest BCUT2D eigenvalue weighted by molar-refractivity contribution is 6.06. The summed E-state index contributed by atoms with van der Waals surface area (Å²) in [7, 11) is 1.45. The van der Waals surface area contributed by atoms with Gasteiger partial charge < -0.3 is 9.74 Å². The number of likely N-dealkylation sites (N-methyl/N-ethyl adjacent to an activating group) is 1. The Morgan fingerprint density at radius 3 is 2.33 bits per heavy atom. The van der Waals surface area contributed by atoms with Crippen LogP contribution >= 0.6 is 0 Å². The maximum Gasteiger partial charge on any atom is 0.361 e. The van der Waals surface area contributed by atoms with Crippen molar-refractivity contribution in [2.45, 2.75) is 19.4 Å². The van der Waals surface area contributed by atoms with Gasteiger partial charge in [-0.25, -0.2) is 9.59 Å². The van der Waals surface area contributed by atoms with Gasteiger partial charge in [0, 0.05) is 14.0 Å². The molecule has 0 radical (unpaired) electrons. The topological polar surface area (TPSA) is 90.7 Å². The molecular formula is C14H13N3O4. The number of carbonyl (C=O) groups excluding carboxylic acids is 3. The van der Waals surface area contributed by atoms with E-state index in [1.165, 1.54) is 11.9 Å². The molecule has 21 heavy (non-hydrogen) atoms. The van der Waals surface area contributed by atoms with Gasteiger partial charge in [-0.15, -0.1) is 0 Å². The van der Waals surface area contributed by atoms with E-state index in [0.29, 0.717) is 16.2 Å². The van der Waals surface area contributed by atoms with Crippen LogP contribution in [0.15, 0.2) is 24.3 Å². The van der Waals surface area contributed by atoms with Crippen molar-refractivity contribution in [1.82, 2.24) is 9.96 Å². The van der Waals surface area contributed by atoms with Gasteiger partial charge in [-0.3, -0.25) is 4.79 Å². The lowest BCUT2D eigenvalue weighted by atomic mass is 9.90. The van der Waals surface area contributed by atoms with E-state index in [1.54, 1.807) is 31.2 Å². The highest BCUT2D eigenvalue weighted by Gasteiger charge is 2.55. The van der Waals surface area contributed by atoms with E-state index in [4.69, 9.17) is 5.26 Å². The fourth-order valence-corrected chi connectivity index (χ4v) is 2.15. The van der Waals surface area contributed by atoms with Crippen molar-refractivity contribution in [3.8, 4) is 6.07 Å². The van der Waals surface area contributed by atoms with Crippen LogP contribution in [0.25, 0.3) is 0 Å². The molecule has 3 amide bonds. The molecule has 1 saturated heterocycles. The molecule has 0 aliphatic carbocycles. The zero-order valence-electron chi connectivity index (χ0n) is 11.8. The Labute approximate surface area is 121 Å². The quantitative estimate of drug-likeness (QED) is 0.761. The van der Waals surface area contributed by atoms with Gasteiger partial charge in [-0.2, -0.15) is 5.26 Å². The molecule has 1 aromatic rings. The summed E-state index contributed by atoms with van der Waals surface area (Å²) < 4.78 is 0. The standard InChI is InChI=1S/C14H13N3O4/c1-9(18)21-17-12(19)14(2,16(3)13(17)20)11-6-4-10(8-15)5-7-11/h4-7H,1-3H3. The fraction of sp³-hybridized carbons (Fsp3) is 0.286. The molecule has 1 aliphatic rings. The predicted molar refractivity (Wildman–Crippen MR) is 70.3 cm³/mol. The maximum atomic E-state index is 12.5. The number of hydroxylamine groups is 2. The van der Waals surface area contributed by atoms with Crippen molar-refractivity contribution in [2.24, 2.45) is 0 Å². The summed E-state index contributed by atoms with van der Waals surface area (Å²) in [5.74, 6) is -1.41. The Bertz CT molecular complexity index is 662. The average Bonchev–Trinajstić information content (AvgIpc) is 2.63. The molecule has 1 aromatic carbocycles. The minimum Gasteiger partial charge on any atom is -0.329 e. The molecule has 0 saturated carbocycles. The van der Waals surface area contributed by atoms with E-state index in [1.807, 2.05) is 6.07 Å². The van der Waals surface area contributed by atoms with Crippen molar-refractivity contribution in [2.75, 3.05) is 7.05 Å². The maximum absolute atomic E-state index is 12.5. The third-order valence-electron chi connectivity index (χ3n) is 3.53. The number of nitrogens with zero attached hydrogens (tertiary/aromatic N) is 3. The first kappa shape index (κ1) is 14.5. The summed E-state index contributed by atoms with van der Waals surface area (Å²) in [6.07, 6.45) is 0. The summed E-state index contributed by atoms with van der Waals surface area (Å²) in [6.45, 7) is 2.66. The summed E-state index contributed by atoms with van der Waals surface area (Å²) in [6, 6.07) is 7.56. The van der Waals surface area contributed by atoms with E-state index in [0.717, 1.165) is 6.92 Å². The van der Waals surface area contributed by atoms with Crippen LogP contribution in [0.2, 0.25) is 0 Å². The lowest BCUT2D eigenvalue weighted by Crippen LogP contribution is -2.42. The molecule has 0 N–H and O–H groups in total. The number of amides is 3. The predicted octanol–water partition coefficient (Wildman–Crippen LogP) is 1.15. The van der Waals surface area contributed by atoms with E-state index < -0.39 is 23.4 Å². The molecule has 1 atom stereocenters. The largest absolute Gasteiger partial charge is 0.361 e. The number of nitriles is 1. The lowest BCUT2D eigenvalue weighted by Gasteiger charge is -2.28. The molecule has 1 unspecified atom stereocenters. The van der Waals surface area contributed by atoms with Gasteiger partial charge in [0.25, 0.3) is 5.91 Å². The molecule has 0 aromatic heterocycles. The minimum atomic E-state index is -1.29. The van der Waals surface area contributed by atoms with Gasteiger partial charge in [0.1, 0.15) is 5.54 Å². The number of urea groups is 1. The summed E-state index contributed by atoms with van der Waals surface area (Å²) in [4.78, 5) is 41.4. The van der Waals surface area contributed by atoms with Gasteiger partial charge >= 0.3 is 12.0 Å². The molecule has 0 spiro atoms. The zero-order valence-corrected chi connectivity index (χ0v) is 11.8. The van der Waals surface area contributed by atoms with E-state index in [2.05, 4.69) is 4.84 Å². The molecule has 1 aliphatic heterocycles. The Balaban J connectivity index is 2.45. The normalized spacial score (nSPS) is 21.4. The monoisotopic (exact) mass is 287 g/mol. The highest BCUT2D eigenvalue weighted by Crippen LogP contribution is 2.36. The van der Waals surface area contributed by atoms with Crippen LogP contribution in [0.4, 0.5) is 4.79 Å². The third-order valence-corrected chi connectivity index (χ3v) is 3.53. The second kappa shape index (κ2) is 4.90. The molecule has 108 valence electrons. The SMILES string of the molecule is CC(=O)ON1C(=O)N(C)C(C)(c2ccc(C#N)cc2)C1=O.